The van der Waals surface area contributed by atoms with Gasteiger partial charge in [0.15, 0.2) is 0 Å². The van der Waals surface area contributed by atoms with E-state index in [0.717, 1.165) is 6.67 Å². The van der Waals surface area contributed by atoms with Crippen molar-refractivity contribution in [3.8, 4) is 0 Å². The number of hydrogen-bond donors (Lipinski definition) is 0. The molecule has 0 radical (unpaired) electrons. The van der Waals surface area contributed by atoms with Gasteiger partial charge in [0.2, 0.25) is 0 Å². The summed E-state index contributed by atoms with van der Waals surface area (Å²) in [5, 5.41) is 4.66. The summed E-state index contributed by atoms with van der Waals surface area (Å²) in [7, 11) is 4.12. The van der Waals surface area contributed by atoms with Gasteiger partial charge in [-0.2, -0.15) is 5.10 Å². The lowest BCUT2D eigenvalue weighted by atomic mass is 10.1. The Balaban J connectivity index is 1.69. The van der Waals surface area contributed by atoms with Crippen molar-refractivity contribution in [2.75, 3.05) is 14.1 Å². The van der Waals surface area contributed by atoms with Crippen LogP contribution in [-0.4, -0.2) is 28.8 Å². The van der Waals surface area contributed by atoms with Crippen molar-refractivity contribution >= 4 is 0 Å². The molecule has 1 saturated carbocycles. The zero-order valence-electron chi connectivity index (χ0n) is 11.0. The van der Waals surface area contributed by atoms with Gasteiger partial charge in [0.05, 0.1) is 12.4 Å². The topological polar surface area (TPSA) is 21.1 Å². The minimum atomic E-state index is 0.621. The Bertz CT molecular complexity index is 516. The molecule has 1 aromatic carbocycles. The molecule has 0 spiro atoms. The lowest BCUT2D eigenvalue weighted by Crippen LogP contribution is -2.17. The Morgan fingerprint density at radius 2 is 1.94 bits per heavy atom. The molecule has 0 N–H and O–H groups in total. The summed E-state index contributed by atoms with van der Waals surface area (Å²) < 4.78 is 2.01. The van der Waals surface area contributed by atoms with Gasteiger partial charge in [0.1, 0.15) is 0 Å². The fourth-order valence-electron chi connectivity index (χ4n) is 2.53. The summed E-state index contributed by atoms with van der Waals surface area (Å²) in [5.41, 5.74) is 2.69. The van der Waals surface area contributed by atoms with E-state index in [-0.39, 0.29) is 0 Å². The van der Waals surface area contributed by atoms with E-state index in [1.807, 2.05) is 4.68 Å². The highest BCUT2D eigenvalue weighted by atomic mass is 15.4. The summed E-state index contributed by atoms with van der Waals surface area (Å²) in [6, 6.07) is 12.9. The molecule has 3 heteroatoms. The molecule has 1 fully saturated rings. The van der Waals surface area contributed by atoms with Crippen LogP contribution in [0.15, 0.2) is 42.6 Å². The van der Waals surface area contributed by atoms with Gasteiger partial charge in [0.25, 0.3) is 0 Å². The smallest absolute Gasteiger partial charge is 0.0923 e. The van der Waals surface area contributed by atoms with Gasteiger partial charge in [-0.3, -0.25) is 9.58 Å². The van der Waals surface area contributed by atoms with E-state index in [9.17, 15) is 0 Å². The minimum absolute atomic E-state index is 0.621. The summed E-state index contributed by atoms with van der Waals surface area (Å²) in [5.74, 6) is 1.30. The number of nitrogens with zero attached hydrogens (tertiary/aromatic N) is 3. The molecule has 94 valence electrons. The maximum atomic E-state index is 4.66. The van der Waals surface area contributed by atoms with E-state index >= 15 is 0 Å². The first-order valence-electron chi connectivity index (χ1n) is 6.47. The SMILES string of the molecule is CN(C)Cn1ccc([C@@H]2C[C@H]2c2ccccc2)n1. The Labute approximate surface area is 108 Å². The third-order valence-corrected chi connectivity index (χ3v) is 3.49. The maximum absolute atomic E-state index is 4.66. The van der Waals surface area contributed by atoms with Crippen LogP contribution in [0.3, 0.4) is 0 Å². The molecule has 1 aromatic heterocycles. The van der Waals surface area contributed by atoms with Crippen molar-refractivity contribution in [1.82, 2.24) is 14.7 Å². The van der Waals surface area contributed by atoms with Crippen molar-refractivity contribution < 1.29 is 0 Å². The maximum Gasteiger partial charge on any atom is 0.0923 e. The van der Waals surface area contributed by atoms with E-state index in [1.54, 1.807) is 0 Å². The van der Waals surface area contributed by atoms with Crippen LogP contribution in [0.2, 0.25) is 0 Å². The van der Waals surface area contributed by atoms with Gasteiger partial charge >= 0.3 is 0 Å². The summed E-state index contributed by atoms with van der Waals surface area (Å²) >= 11 is 0. The average molecular weight is 241 g/mol. The van der Waals surface area contributed by atoms with Gasteiger partial charge < -0.3 is 0 Å². The van der Waals surface area contributed by atoms with Crippen molar-refractivity contribution in [3.05, 3.63) is 53.9 Å². The van der Waals surface area contributed by atoms with Crippen LogP contribution in [-0.2, 0) is 6.67 Å². The zero-order chi connectivity index (χ0) is 12.5. The van der Waals surface area contributed by atoms with Gasteiger partial charge in [-0.05, 0) is 38.1 Å². The Kier molecular flexibility index (Phi) is 2.92. The molecule has 18 heavy (non-hydrogen) atoms. The quantitative estimate of drug-likeness (QED) is 0.820. The van der Waals surface area contributed by atoms with Crippen LogP contribution >= 0.6 is 0 Å². The first kappa shape index (κ1) is 11.5. The molecule has 0 amide bonds. The minimum Gasteiger partial charge on any atom is -0.291 e. The van der Waals surface area contributed by atoms with Crippen LogP contribution < -0.4 is 0 Å². The van der Waals surface area contributed by atoms with Crippen molar-refractivity contribution in [2.24, 2.45) is 0 Å². The molecule has 1 aliphatic carbocycles. The normalized spacial score (nSPS) is 22.4. The fraction of sp³-hybridized carbons (Fsp3) is 0.400. The second-order valence-corrected chi connectivity index (χ2v) is 5.36. The number of aromatic nitrogens is 2. The standard InChI is InChI=1S/C15H19N3/c1-17(2)11-18-9-8-15(16-18)14-10-13(14)12-6-4-3-5-7-12/h3-9,13-14H,10-11H2,1-2H3/t13-,14+/m0/s1. The molecular weight excluding hydrogens is 222 g/mol. The summed E-state index contributed by atoms with van der Waals surface area (Å²) in [6.07, 6.45) is 3.32. The summed E-state index contributed by atoms with van der Waals surface area (Å²) in [6.45, 7) is 0.850. The van der Waals surface area contributed by atoms with Crippen LogP contribution in [0.25, 0.3) is 0 Å². The largest absolute Gasteiger partial charge is 0.291 e. The molecule has 0 bridgehead atoms. The predicted molar refractivity (Wildman–Crippen MR) is 72.5 cm³/mol. The summed E-state index contributed by atoms with van der Waals surface area (Å²) in [4.78, 5) is 2.12. The lowest BCUT2D eigenvalue weighted by molar-refractivity contribution is 0.306. The van der Waals surface area contributed by atoms with Crippen molar-refractivity contribution in [2.45, 2.75) is 24.9 Å². The molecule has 3 nitrogen and oxygen atoms in total. The van der Waals surface area contributed by atoms with Crippen LogP contribution in [0, 0.1) is 0 Å². The highest BCUT2D eigenvalue weighted by Gasteiger charge is 2.40. The molecule has 3 rings (SSSR count). The molecule has 0 saturated heterocycles. The zero-order valence-corrected chi connectivity index (χ0v) is 11.0. The first-order valence-corrected chi connectivity index (χ1v) is 6.47. The highest BCUT2D eigenvalue weighted by molar-refractivity contribution is 5.32. The van der Waals surface area contributed by atoms with Gasteiger partial charge in [-0.15, -0.1) is 0 Å². The van der Waals surface area contributed by atoms with E-state index < -0.39 is 0 Å². The monoisotopic (exact) mass is 241 g/mol. The van der Waals surface area contributed by atoms with Gasteiger partial charge in [-0.25, -0.2) is 0 Å². The highest BCUT2D eigenvalue weighted by Crippen LogP contribution is 2.53. The van der Waals surface area contributed by atoms with Crippen LogP contribution in [0.1, 0.15) is 29.5 Å². The second kappa shape index (κ2) is 4.58. The second-order valence-electron chi connectivity index (χ2n) is 5.36. The van der Waals surface area contributed by atoms with E-state index in [4.69, 9.17) is 0 Å². The Morgan fingerprint density at radius 1 is 1.17 bits per heavy atom. The van der Waals surface area contributed by atoms with E-state index in [2.05, 4.69) is 66.7 Å². The Morgan fingerprint density at radius 3 is 2.67 bits per heavy atom. The molecule has 2 aromatic rings. The van der Waals surface area contributed by atoms with Crippen molar-refractivity contribution in [3.63, 3.8) is 0 Å². The molecular formula is C15H19N3. The van der Waals surface area contributed by atoms with Crippen LogP contribution in [0.4, 0.5) is 0 Å². The molecule has 1 aliphatic rings. The third-order valence-electron chi connectivity index (χ3n) is 3.49. The molecule has 1 heterocycles. The fourth-order valence-corrected chi connectivity index (χ4v) is 2.53. The molecule has 0 unspecified atom stereocenters. The van der Waals surface area contributed by atoms with Gasteiger partial charge in [0, 0.05) is 12.1 Å². The number of benzene rings is 1. The van der Waals surface area contributed by atoms with Crippen LogP contribution in [0.5, 0.6) is 0 Å². The van der Waals surface area contributed by atoms with Gasteiger partial charge in [-0.1, -0.05) is 30.3 Å². The number of rotatable bonds is 4. The predicted octanol–water partition coefficient (Wildman–Crippen LogP) is 2.67. The van der Waals surface area contributed by atoms with Crippen molar-refractivity contribution in [1.29, 1.82) is 0 Å². The Hall–Kier alpha value is -1.61. The number of hydrogen-bond acceptors (Lipinski definition) is 2. The van der Waals surface area contributed by atoms with E-state index in [0.29, 0.717) is 11.8 Å². The average Bonchev–Trinajstić information content (AvgIpc) is 3.04. The molecule has 2 atom stereocenters. The molecule has 0 aliphatic heterocycles. The van der Waals surface area contributed by atoms with E-state index in [1.165, 1.54) is 17.7 Å². The third kappa shape index (κ3) is 2.31. The first-order chi connectivity index (χ1) is 8.74. The lowest BCUT2D eigenvalue weighted by Gasteiger charge is -2.08.